The van der Waals surface area contributed by atoms with Gasteiger partial charge in [0, 0.05) is 25.5 Å². The highest BCUT2D eigenvalue weighted by Crippen LogP contribution is 2.26. The largest absolute Gasteiger partial charge is 0.497 e. The third-order valence-electron chi connectivity index (χ3n) is 5.92. The number of hydrogen-bond acceptors (Lipinski definition) is 7. The van der Waals surface area contributed by atoms with E-state index in [4.69, 9.17) is 19.2 Å². The molecule has 8 nitrogen and oxygen atoms in total. The zero-order valence-corrected chi connectivity index (χ0v) is 20.8. The van der Waals surface area contributed by atoms with Gasteiger partial charge in [-0.1, -0.05) is 44.5 Å². The van der Waals surface area contributed by atoms with Crippen molar-refractivity contribution >= 4 is 11.5 Å². The summed E-state index contributed by atoms with van der Waals surface area (Å²) in [5.74, 6) is 2.37. The van der Waals surface area contributed by atoms with E-state index in [2.05, 4.69) is 53.1 Å². The van der Waals surface area contributed by atoms with E-state index in [9.17, 15) is 0 Å². The van der Waals surface area contributed by atoms with Crippen LogP contribution in [0.15, 0.2) is 60.9 Å². The first-order valence-electron chi connectivity index (χ1n) is 12.0. The van der Waals surface area contributed by atoms with Crippen LogP contribution in [-0.2, 0) is 13.1 Å². The lowest BCUT2D eigenvalue weighted by molar-refractivity contribution is 0.167. The Kier molecular flexibility index (Phi) is 8.03. The molecule has 1 atom stereocenters. The fraction of sp³-hybridized carbons (Fsp3) is 0.370. The van der Waals surface area contributed by atoms with E-state index in [0.717, 1.165) is 47.7 Å². The first kappa shape index (κ1) is 24.3. The summed E-state index contributed by atoms with van der Waals surface area (Å²) in [6.07, 6.45) is 6.53. The van der Waals surface area contributed by atoms with Crippen LogP contribution in [0.3, 0.4) is 0 Å². The normalized spacial score (nSPS) is 11.9. The number of ether oxygens (including phenoxy) is 3. The molecule has 0 amide bonds. The Morgan fingerprint density at radius 1 is 0.886 bits per heavy atom. The molecule has 8 heteroatoms. The fourth-order valence-electron chi connectivity index (χ4n) is 3.98. The number of rotatable bonds is 12. The van der Waals surface area contributed by atoms with Gasteiger partial charge in [0.2, 0.25) is 0 Å². The van der Waals surface area contributed by atoms with Crippen LogP contribution < -0.4 is 19.1 Å². The Hall–Kier alpha value is -3.81. The summed E-state index contributed by atoms with van der Waals surface area (Å²) < 4.78 is 18.6. The molecule has 0 N–H and O–H groups in total. The smallest absolute Gasteiger partial charge is 0.336 e. The maximum absolute atomic E-state index is 6.20. The van der Waals surface area contributed by atoms with Crippen LogP contribution in [0, 0.1) is 0 Å². The summed E-state index contributed by atoms with van der Waals surface area (Å²) in [5, 5.41) is 4.57. The molecule has 0 aliphatic heterocycles. The van der Waals surface area contributed by atoms with Gasteiger partial charge >= 0.3 is 6.01 Å². The quantitative estimate of drug-likeness (QED) is 0.275. The Morgan fingerprint density at radius 2 is 1.49 bits per heavy atom. The second-order valence-corrected chi connectivity index (χ2v) is 8.40. The van der Waals surface area contributed by atoms with Crippen LogP contribution in [0.2, 0.25) is 0 Å². The SMILES string of the molecule is CCC[C@H](CC)Oc1nc(N(Cc2ccc(OC)cc2)Cc2ccc(OC)cc2)c2nccn2n1. The maximum atomic E-state index is 6.20. The van der Waals surface area contributed by atoms with E-state index >= 15 is 0 Å². The van der Waals surface area contributed by atoms with Gasteiger partial charge in [-0.2, -0.15) is 4.98 Å². The van der Waals surface area contributed by atoms with Crippen molar-refractivity contribution in [1.29, 1.82) is 0 Å². The van der Waals surface area contributed by atoms with Gasteiger partial charge in [-0.15, -0.1) is 5.10 Å². The number of imidazole rings is 1. The minimum atomic E-state index is 0.0745. The minimum absolute atomic E-state index is 0.0745. The van der Waals surface area contributed by atoms with Gasteiger partial charge in [-0.3, -0.25) is 0 Å². The number of benzene rings is 2. The van der Waals surface area contributed by atoms with Gasteiger partial charge in [-0.05, 0) is 48.2 Å². The number of fused-ring (bicyclic) bond motifs is 1. The number of methoxy groups -OCH3 is 2. The topological polar surface area (TPSA) is 74.0 Å². The molecule has 184 valence electrons. The van der Waals surface area contributed by atoms with Gasteiger partial charge in [0.1, 0.15) is 17.6 Å². The molecule has 0 fully saturated rings. The van der Waals surface area contributed by atoms with E-state index in [1.807, 2.05) is 30.5 Å². The number of nitrogens with zero attached hydrogens (tertiary/aromatic N) is 5. The van der Waals surface area contributed by atoms with Gasteiger partial charge in [0.05, 0.1) is 14.2 Å². The molecule has 4 rings (SSSR count). The Labute approximate surface area is 206 Å². The van der Waals surface area contributed by atoms with Crippen molar-refractivity contribution in [3.05, 3.63) is 72.1 Å². The molecule has 0 aliphatic carbocycles. The van der Waals surface area contributed by atoms with Crippen LogP contribution in [0.4, 0.5) is 5.82 Å². The van der Waals surface area contributed by atoms with Gasteiger partial charge in [0.25, 0.3) is 0 Å². The number of aromatic nitrogens is 4. The van der Waals surface area contributed by atoms with Crippen molar-refractivity contribution in [3.8, 4) is 17.5 Å². The summed E-state index contributed by atoms with van der Waals surface area (Å²) in [6.45, 7) is 5.53. The highest BCUT2D eigenvalue weighted by atomic mass is 16.5. The van der Waals surface area contributed by atoms with Gasteiger partial charge in [-0.25, -0.2) is 9.50 Å². The van der Waals surface area contributed by atoms with E-state index < -0.39 is 0 Å². The lowest BCUT2D eigenvalue weighted by Crippen LogP contribution is -2.25. The van der Waals surface area contributed by atoms with Crippen molar-refractivity contribution < 1.29 is 14.2 Å². The predicted octanol–water partition coefficient (Wildman–Crippen LogP) is 5.31. The van der Waals surface area contributed by atoms with Crippen molar-refractivity contribution in [1.82, 2.24) is 19.6 Å². The summed E-state index contributed by atoms with van der Waals surface area (Å²) in [6, 6.07) is 16.5. The van der Waals surface area contributed by atoms with E-state index in [-0.39, 0.29) is 6.10 Å². The standard InChI is InChI=1S/C27H33N5O3/c1-5-7-22(6-2)35-27-29-26(25-28-16-17-32(25)30-27)31(18-20-8-12-23(33-3)13-9-20)19-21-10-14-24(34-4)15-11-21/h8-17,22H,5-7,18-19H2,1-4H3/t22-/m0/s1. The Morgan fingerprint density at radius 3 is 2.00 bits per heavy atom. The molecule has 0 unspecified atom stereocenters. The number of hydrogen-bond donors (Lipinski definition) is 0. The zero-order chi connectivity index (χ0) is 24.6. The third-order valence-corrected chi connectivity index (χ3v) is 5.92. The molecule has 0 saturated heterocycles. The van der Waals surface area contributed by atoms with Crippen LogP contribution >= 0.6 is 0 Å². The molecule has 0 bridgehead atoms. The molecular weight excluding hydrogens is 442 g/mol. The maximum Gasteiger partial charge on any atom is 0.336 e. The van der Waals surface area contributed by atoms with Crippen molar-refractivity contribution in [3.63, 3.8) is 0 Å². The van der Waals surface area contributed by atoms with Crippen molar-refractivity contribution in [2.45, 2.75) is 52.3 Å². The molecule has 0 radical (unpaired) electrons. The van der Waals surface area contributed by atoms with E-state index in [1.165, 1.54) is 0 Å². The lowest BCUT2D eigenvalue weighted by atomic mass is 10.1. The molecule has 0 saturated carbocycles. The average molecular weight is 476 g/mol. The summed E-state index contributed by atoms with van der Waals surface area (Å²) in [5.41, 5.74) is 2.94. The third kappa shape index (κ3) is 6.01. The fourth-order valence-corrected chi connectivity index (χ4v) is 3.98. The average Bonchev–Trinajstić information content (AvgIpc) is 3.37. The van der Waals surface area contributed by atoms with Crippen molar-refractivity contribution in [2.75, 3.05) is 19.1 Å². The molecule has 2 aromatic heterocycles. The molecule has 2 heterocycles. The highest BCUT2D eigenvalue weighted by molar-refractivity contribution is 5.64. The minimum Gasteiger partial charge on any atom is -0.497 e. The molecular formula is C27H33N5O3. The molecule has 0 aliphatic rings. The molecule has 35 heavy (non-hydrogen) atoms. The van der Waals surface area contributed by atoms with Crippen LogP contribution in [0.1, 0.15) is 44.2 Å². The summed E-state index contributed by atoms with van der Waals surface area (Å²) in [4.78, 5) is 11.6. The number of anilines is 1. The summed E-state index contributed by atoms with van der Waals surface area (Å²) >= 11 is 0. The van der Waals surface area contributed by atoms with Crippen LogP contribution in [-0.4, -0.2) is 39.9 Å². The second kappa shape index (κ2) is 11.6. The molecule has 0 spiro atoms. The van der Waals surface area contributed by atoms with E-state index in [0.29, 0.717) is 24.7 Å². The van der Waals surface area contributed by atoms with Crippen LogP contribution in [0.25, 0.3) is 5.65 Å². The van der Waals surface area contributed by atoms with E-state index in [1.54, 1.807) is 24.9 Å². The lowest BCUT2D eigenvalue weighted by Gasteiger charge is -2.25. The predicted molar refractivity (Wildman–Crippen MR) is 136 cm³/mol. The first-order valence-corrected chi connectivity index (χ1v) is 12.0. The zero-order valence-electron chi connectivity index (χ0n) is 20.8. The van der Waals surface area contributed by atoms with Gasteiger partial charge < -0.3 is 19.1 Å². The monoisotopic (exact) mass is 475 g/mol. The second-order valence-electron chi connectivity index (χ2n) is 8.40. The highest BCUT2D eigenvalue weighted by Gasteiger charge is 2.20. The van der Waals surface area contributed by atoms with Crippen molar-refractivity contribution in [2.24, 2.45) is 0 Å². The van der Waals surface area contributed by atoms with Crippen LogP contribution in [0.5, 0.6) is 17.5 Å². The molecule has 4 aromatic rings. The summed E-state index contributed by atoms with van der Waals surface area (Å²) in [7, 11) is 3.34. The Balaban J connectivity index is 1.72. The molecule has 2 aromatic carbocycles. The Bertz CT molecular complexity index is 1160. The first-order chi connectivity index (χ1) is 17.1. The van der Waals surface area contributed by atoms with Gasteiger partial charge in [0.15, 0.2) is 11.5 Å².